The van der Waals surface area contributed by atoms with Crippen molar-refractivity contribution in [2.75, 3.05) is 11.1 Å². The van der Waals surface area contributed by atoms with E-state index in [0.717, 1.165) is 30.2 Å². The van der Waals surface area contributed by atoms with Crippen LogP contribution in [0.2, 0.25) is 0 Å². The molecule has 5 heteroatoms. The van der Waals surface area contributed by atoms with Crippen LogP contribution in [0.3, 0.4) is 0 Å². The van der Waals surface area contributed by atoms with Crippen LogP contribution in [0.4, 0.5) is 11.5 Å². The van der Waals surface area contributed by atoms with Crippen molar-refractivity contribution in [2.24, 2.45) is 0 Å². The maximum Gasteiger partial charge on any atom is 0.149 e. The third-order valence-corrected chi connectivity index (χ3v) is 3.37. The molecule has 4 N–H and O–H groups in total. The Kier molecular flexibility index (Phi) is 3.66. The lowest BCUT2D eigenvalue weighted by Crippen LogP contribution is -2.36. The second-order valence-corrected chi connectivity index (χ2v) is 5.11. The molecule has 88 valence electrons. The van der Waals surface area contributed by atoms with Crippen LogP contribution in [0.1, 0.15) is 25.7 Å². The summed E-state index contributed by atoms with van der Waals surface area (Å²) in [4.78, 5) is 4.21. The smallest absolute Gasteiger partial charge is 0.149 e. The maximum atomic E-state index is 9.84. The molecule has 4 nitrogen and oxygen atoms in total. The Morgan fingerprint density at radius 3 is 2.88 bits per heavy atom. The summed E-state index contributed by atoms with van der Waals surface area (Å²) in [6, 6.07) is 1.88. The quantitative estimate of drug-likeness (QED) is 0.779. The third kappa shape index (κ3) is 2.65. The van der Waals surface area contributed by atoms with Crippen LogP contribution in [-0.4, -0.2) is 22.2 Å². The highest BCUT2D eigenvalue weighted by molar-refractivity contribution is 9.10. The molecule has 2 rings (SSSR count). The van der Waals surface area contributed by atoms with E-state index >= 15 is 0 Å². The minimum atomic E-state index is -0.293. The van der Waals surface area contributed by atoms with E-state index < -0.39 is 0 Å². The zero-order valence-electron chi connectivity index (χ0n) is 8.99. The Morgan fingerprint density at radius 2 is 2.19 bits per heavy atom. The number of rotatable bonds is 2. The van der Waals surface area contributed by atoms with Gasteiger partial charge in [-0.05, 0) is 34.8 Å². The Labute approximate surface area is 103 Å². The number of nitrogen functional groups attached to an aromatic ring is 1. The van der Waals surface area contributed by atoms with Crippen molar-refractivity contribution in [1.29, 1.82) is 0 Å². The number of hydrogen-bond acceptors (Lipinski definition) is 4. The van der Waals surface area contributed by atoms with Gasteiger partial charge in [0.25, 0.3) is 0 Å². The predicted octanol–water partition coefficient (Wildman–Crippen LogP) is 2.14. The molecule has 1 heterocycles. The average molecular weight is 286 g/mol. The number of nitrogens with zero attached hydrogens (tertiary/aromatic N) is 1. The molecule has 0 aliphatic heterocycles. The van der Waals surface area contributed by atoms with Crippen molar-refractivity contribution < 1.29 is 5.11 Å². The van der Waals surface area contributed by atoms with Gasteiger partial charge in [0.05, 0.1) is 17.8 Å². The van der Waals surface area contributed by atoms with Crippen LogP contribution in [0.5, 0.6) is 0 Å². The van der Waals surface area contributed by atoms with Crippen LogP contribution >= 0.6 is 15.9 Å². The summed E-state index contributed by atoms with van der Waals surface area (Å²) in [5, 5.41) is 13.1. The van der Waals surface area contributed by atoms with Gasteiger partial charge in [-0.25, -0.2) is 4.98 Å². The SMILES string of the molecule is Nc1cc(Br)cnc1NC1CCCCC1O. The van der Waals surface area contributed by atoms with Crippen molar-refractivity contribution in [3.05, 3.63) is 16.7 Å². The Morgan fingerprint density at radius 1 is 1.44 bits per heavy atom. The van der Waals surface area contributed by atoms with Crippen molar-refractivity contribution >= 4 is 27.4 Å². The van der Waals surface area contributed by atoms with Crippen molar-refractivity contribution in [3.63, 3.8) is 0 Å². The summed E-state index contributed by atoms with van der Waals surface area (Å²) in [5.41, 5.74) is 6.45. The molecule has 0 spiro atoms. The number of nitrogens with two attached hydrogens (primary N) is 1. The molecule has 1 aliphatic carbocycles. The van der Waals surface area contributed by atoms with Gasteiger partial charge in [0.2, 0.25) is 0 Å². The topological polar surface area (TPSA) is 71.2 Å². The number of hydrogen-bond donors (Lipinski definition) is 3. The average Bonchev–Trinajstić information content (AvgIpc) is 2.25. The largest absolute Gasteiger partial charge is 0.396 e. The minimum Gasteiger partial charge on any atom is -0.396 e. The van der Waals surface area contributed by atoms with Gasteiger partial charge >= 0.3 is 0 Å². The second-order valence-electron chi connectivity index (χ2n) is 4.19. The summed E-state index contributed by atoms with van der Waals surface area (Å²) in [7, 11) is 0. The van der Waals surface area contributed by atoms with Crippen LogP contribution in [0, 0.1) is 0 Å². The molecule has 1 fully saturated rings. The van der Waals surface area contributed by atoms with Gasteiger partial charge < -0.3 is 16.2 Å². The highest BCUT2D eigenvalue weighted by Gasteiger charge is 2.23. The van der Waals surface area contributed by atoms with E-state index in [1.54, 1.807) is 6.20 Å². The lowest BCUT2D eigenvalue weighted by atomic mass is 9.92. The monoisotopic (exact) mass is 285 g/mol. The molecule has 1 saturated carbocycles. The highest BCUT2D eigenvalue weighted by Crippen LogP contribution is 2.25. The first-order valence-electron chi connectivity index (χ1n) is 5.52. The molecule has 0 radical (unpaired) electrons. The summed E-state index contributed by atoms with van der Waals surface area (Å²) in [6.07, 6.45) is 5.48. The maximum absolute atomic E-state index is 9.84. The number of halogens is 1. The van der Waals surface area contributed by atoms with Gasteiger partial charge in [-0.1, -0.05) is 12.8 Å². The number of aromatic nitrogens is 1. The van der Waals surface area contributed by atoms with E-state index in [1.807, 2.05) is 6.07 Å². The van der Waals surface area contributed by atoms with Crippen LogP contribution in [0.25, 0.3) is 0 Å². The number of aliphatic hydroxyl groups excluding tert-OH is 1. The molecular formula is C11H16BrN3O. The van der Waals surface area contributed by atoms with Gasteiger partial charge in [0, 0.05) is 10.7 Å². The van der Waals surface area contributed by atoms with Crippen LogP contribution in [-0.2, 0) is 0 Å². The van der Waals surface area contributed by atoms with Gasteiger partial charge in [-0.3, -0.25) is 0 Å². The lowest BCUT2D eigenvalue weighted by molar-refractivity contribution is 0.116. The number of nitrogens with one attached hydrogen (secondary N) is 1. The van der Waals surface area contributed by atoms with Gasteiger partial charge in [0.15, 0.2) is 0 Å². The fourth-order valence-electron chi connectivity index (χ4n) is 2.03. The summed E-state index contributed by atoms with van der Waals surface area (Å²) < 4.78 is 0.861. The van der Waals surface area contributed by atoms with E-state index in [9.17, 15) is 5.11 Å². The molecule has 0 bridgehead atoms. The van der Waals surface area contributed by atoms with Crippen molar-refractivity contribution in [3.8, 4) is 0 Å². The molecule has 16 heavy (non-hydrogen) atoms. The molecule has 0 amide bonds. The Hall–Kier alpha value is -0.810. The molecule has 2 unspecified atom stereocenters. The summed E-state index contributed by atoms with van der Waals surface area (Å²) in [5.74, 6) is 0.661. The van der Waals surface area contributed by atoms with Gasteiger partial charge in [0.1, 0.15) is 5.82 Å². The molecule has 0 saturated heterocycles. The number of aliphatic hydroxyl groups is 1. The van der Waals surface area contributed by atoms with E-state index in [4.69, 9.17) is 5.73 Å². The third-order valence-electron chi connectivity index (χ3n) is 2.94. The fraction of sp³-hybridized carbons (Fsp3) is 0.545. The Balaban J connectivity index is 2.07. The molecule has 1 aromatic rings. The molecule has 0 aromatic carbocycles. The van der Waals surface area contributed by atoms with Crippen molar-refractivity contribution in [1.82, 2.24) is 4.98 Å². The summed E-state index contributed by atoms with van der Waals surface area (Å²) >= 11 is 3.31. The lowest BCUT2D eigenvalue weighted by Gasteiger charge is -2.29. The van der Waals surface area contributed by atoms with Gasteiger partial charge in [-0.2, -0.15) is 0 Å². The molecule has 2 atom stereocenters. The standard InChI is InChI=1S/C11H16BrN3O/c12-7-5-8(13)11(14-6-7)15-9-3-1-2-4-10(9)16/h5-6,9-10,16H,1-4,13H2,(H,14,15). The fourth-order valence-corrected chi connectivity index (χ4v) is 2.38. The number of anilines is 2. The zero-order valence-corrected chi connectivity index (χ0v) is 10.6. The Bertz CT molecular complexity index is 372. The summed E-state index contributed by atoms with van der Waals surface area (Å²) in [6.45, 7) is 0. The second kappa shape index (κ2) is 5.01. The van der Waals surface area contributed by atoms with E-state index in [-0.39, 0.29) is 12.1 Å². The normalized spacial score (nSPS) is 25.4. The highest BCUT2D eigenvalue weighted by atomic mass is 79.9. The zero-order chi connectivity index (χ0) is 11.5. The first-order valence-corrected chi connectivity index (χ1v) is 6.32. The van der Waals surface area contributed by atoms with E-state index in [1.165, 1.54) is 0 Å². The van der Waals surface area contributed by atoms with Crippen LogP contribution in [0.15, 0.2) is 16.7 Å². The first-order chi connectivity index (χ1) is 7.66. The van der Waals surface area contributed by atoms with Crippen LogP contribution < -0.4 is 11.1 Å². The first kappa shape index (κ1) is 11.7. The predicted molar refractivity (Wildman–Crippen MR) is 68.2 cm³/mol. The number of pyridine rings is 1. The van der Waals surface area contributed by atoms with Crippen molar-refractivity contribution in [2.45, 2.75) is 37.8 Å². The molecular weight excluding hydrogens is 270 g/mol. The van der Waals surface area contributed by atoms with E-state index in [0.29, 0.717) is 11.5 Å². The van der Waals surface area contributed by atoms with E-state index in [2.05, 4.69) is 26.2 Å². The minimum absolute atomic E-state index is 0.0738. The molecule has 1 aromatic heterocycles. The van der Waals surface area contributed by atoms with Gasteiger partial charge in [-0.15, -0.1) is 0 Å². The molecule has 1 aliphatic rings.